The maximum atomic E-state index is 9.70. The van der Waals surface area contributed by atoms with Gasteiger partial charge >= 0.3 is 7.12 Å². The SMILES string of the molecule is C.CC(Nc1c(C#N)cnc2ccc(B3OC(C)(C)C(C)(C)O3)cc12)c1ccccc1.COc1ncc(-c2ccc3ncc(C#N)c(NC(C)c4ccccc4)c3c2)cc1C#N.COc1ncc(Br)cc1C#N. The molecule has 0 spiro atoms. The van der Waals surface area contributed by atoms with Gasteiger partial charge in [-0.25, -0.2) is 9.97 Å². The highest BCUT2D eigenvalue weighted by molar-refractivity contribution is 9.10. The smallest absolute Gasteiger partial charge is 0.480 e. The standard InChI is InChI=1S/C25H19N5O.C24H26BN3O2.C7H5BrN2O.CH4/c1-16(17-6-4-3-5-7-17)30-24-21(13-27)15-28-23-9-8-18(11-22(23)24)20-10-19(12-26)25(31-2)29-14-20;1-16(17-9-7-6-8-10-17)28-22-18(14-26)15-27-21-12-11-19(13-20(21)22)25-29-23(2,3)24(4,5)30-25;1-11-7-5(3-9)2-6(8)4-10-7;/h3-11,14-16H,1-2H3,(H,28,30);6-13,15-16H,1-5H3,(H,27,28);2,4H,1H3;1H4. The number of nitrogens with zero attached hydrogens (tertiary/aromatic N) is 8. The zero-order chi connectivity index (χ0) is 51.6. The third-order valence-corrected chi connectivity index (χ3v) is 12.9. The molecule has 2 unspecified atom stereocenters. The van der Waals surface area contributed by atoms with Crippen LogP contribution in [0.3, 0.4) is 0 Å². The van der Waals surface area contributed by atoms with Crippen molar-refractivity contribution >= 4 is 61.7 Å². The van der Waals surface area contributed by atoms with Crippen LogP contribution >= 0.6 is 15.9 Å². The van der Waals surface area contributed by atoms with Gasteiger partial charge in [0.05, 0.1) is 59.0 Å². The molecule has 1 aliphatic heterocycles. The normalized spacial score (nSPS) is 13.6. The van der Waals surface area contributed by atoms with E-state index in [1.807, 2.05) is 119 Å². The Morgan fingerprint density at radius 3 is 1.48 bits per heavy atom. The molecule has 2 N–H and O–H groups in total. The molecule has 9 rings (SSSR count). The van der Waals surface area contributed by atoms with Gasteiger partial charge in [-0.05, 0) is 110 Å². The number of halogens is 1. The topological polar surface area (TPSA) is 208 Å². The van der Waals surface area contributed by atoms with Crippen molar-refractivity contribution < 1.29 is 18.8 Å². The Bertz CT molecular complexity index is 3410. The predicted molar refractivity (Wildman–Crippen MR) is 290 cm³/mol. The quantitative estimate of drug-likeness (QED) is 0.122. The first kappa shape index (κ1) is 54.0. The number of nitriles is 4. The summed E-state index contributed by atoms with van der Waals surface area (Å²) < 4.78 is 23.2. The number of anilines is 2. The van der Waals surface area contributed by atoms with Gasteiger partial charge < -0.3 is 29.4 Å². The lowest BCUT2D eigenvalue weighted by atomic mass is 9.78. The minimum Gasteiger partial charge on any atom is -0.480 e. The van der Waals surface area contributed by atoms with Gasteiger partial charge in [-0.1, -0.05) is 86.3 Å². The Morgan fingerprint density at radius 1 is 0.548 bits per heavy atom. The number of rotatable bonds is 10. The lowest BCUT2D eigenvalue weighted by Gasteiger charge is -2.32. The maximum Gasteiger partial charge on any atom is 0.494 e. The fraction of sp³-hybridized carbons (Fsp3) is 0.228. The third kappa shape index (κ3) is 12.2. The first-order valence-corrected chi connectivity index (χ1v) is 23.6. The maximum absolute atomic E-state index is 9.70. The second-order valence-electron chi connectivity index (χ2n) is 17.7. The number of nitrogens with one attached hydrogen (secondary N) is 2. The molecule has 2 atom stereocenters. The van der Waals surface area contributed by atoms with Crippen LogP contribution in [-0.2, 0) is 9.31 Å². The summed E-state index contributed by atoms with van der Waals surface area (Å²) in [7, 11) is 2.50. The number of ether oxygens (including phenoxy) is 2. The van der Waals surface area contributed by atoms with Crippen molar-refractivity contribution in [2.75, 3.05) is 24.9 Å². The molecule has 0 amide bonds. The third-order valence-electron chi connectivity index (χ3n) is 12.5. The summed E-state index contributed by atoms with van der Waals surface area (Å²) in [5.74, 6) is 0.648. The van der Waals surface area contributed by atoms with Gasteiger partial charge in [0.15, 0.2) is 0 Å². The lowest BCUT2D eigenvalue weighted by molar-refractivity contribution is 0.00578. The van der Waals surface area contributed by atoms with Crippen molar-refractivity contribution in [1.82, 2.24) is 19.9 Å². The molecule has 1 aliphatic rings. The molecular formula is C57H54BBrN10O4. The average molecular weight is 1030 g/mol. The van der Waals surface area contributed by atoms with Crippen molar-refractivity contribution in [3.63, 3.8) is 0 Å². The van der Waals surface area contributed by atoms with E-state index in [0.717, 1.165) is 65.4 Å². The summed E-state index contributed by atoms with van der Waals surface area (Å²) in [6, 6.07) is 44.0. The summed E-state index contributed by atoms with van der Waals surface area (Å²) in [6.45, 7) is 12.3. The molecule has 0 saturated carbocycles. The Kier molecular flexibility index (Phi) is 17.5. The van der Waals surface area contributed by atoms with Crippen LogP contribution in [0.2, 0.25) is 0 Å². The second-order valence-corrected chi connectivity index (χ2v) is 18.6. The number of hydrogen-bond donors (Lipinski definition) is 2. The zero-order valence-electron chi connectivity index (χ0n) is 41.0. The van der Waals surface area contributed by atoms with Gasteiger partial charge in [-0.15, -0.1) is 0 Å². The molecule has 0 bridgehead atoms. The van der Waals surface area contributed by atoms with E-state index in [1.165, 1.54) is 14.2 Å². The van der Waals surface area contributed by atoms with Crippen LogP contribution in [0.1, 0.15) is 94.4 Å². The largest absolute Gasteiger partial charge is 0.494 e. The van der Waals surface area contributed by atoms with Crippen LogP contribution in [0.5, 0.6) is 11.8 Å². The van der Waals surface area contributed by atoms with E-state index in [0.29, 0.717) is 34.0 Å². The summed E-state index contributed by atoms with van der Waals surface area (Å²) in [6.07, 6.45) is 6.46. The highest BCUT2D eigenvalue weighted by Crippen LogP contribution is 2.38. The highest BCUT2D eigenvalue weighted by Gasteiger charge is 2.51. The molecular weight excluding hydrogens is 979 g/mol. The first-order valence-electron chi connectivity index (χ1n) is 22.8. The number of fused-ring (bicyclic) bond motifs is 2. The van der Waals surface area contributed by atoms with Crippen LogP contribution in [0, 0.1) is 45.3 Å². The molecule has 8 aromatic rings. The molecule has 5 heterocycles. The fourth-order valence-electron chi connectivity index (χ4n) is 7.79. The number of aromatic nitrogens is 4. The second kappa shape index (κ2) is 23.7. The summed E-state index contributed by atoms with van der Waals surface area (Å²) in [5, 5.41) is 46.1. The van der Waals surface area contributed by atoms with Crippen molar-refractivity contribution in [3.8, 4) is 47.2 Å². The Labute approximate surface area is 435 Å². The Hall–Kier alpha value is -8.38. The van der Waals surface area contributed by atoms with Crippen molar-refractivity contribution in [3.05, 3.63) is 172 Å². The summed E-state index contributed by atoms with van der Waals surface area (Å²) in [5.41, 5.74) is 8.86. The monoisotopic (exact) mass is 1030 g/mol. The van der Waals surface area contributed by atoms with E-state index < -0.39 is 18.3 Å². The van der Waals surface area contributed by atoms with Crippen LogP contribution in [0.15, 0.2) is 138 Å². The van der Waals surface area contributed by atoms with Crippen molar-refractivity contribution in [2.24, 2.45) is 0 Å². The Morgan fingerprint density at radius 2 is 1.00 bits per heavy atom. The van der Waals surface area contributed by atoms with E-state index in [-0.39, 0.29) is 19.5 Å². The van der Waals surface area contributed by atoms with Gasteiger partial charge in [0.1, 0.15) is 35.4 Å². The van der Waals surface area contributed by atoms with Crippen molar-refractivity contribution in [2.45, 2.75) is 72.3 Å². The van der Waals surface area contributed by atoms with Gasteiger partial charge in [-0.3, -0.25) is 9.97 Å². The minimum absolute atomic E-state index is 0. The molecule has 0 radical (unpaired) electrons. The summed E-state index contributed by atoms with van der Waals surface area (Å²) >= 11 is 3.20. The van der Waals surface area contributed by atoms with Gasteiger partial charge in [0.25, 0.3) is 0 Å². The lowest BCUT2D eigenvalue weighted by Crippen LogP contribution is -2.41. The number of pyridine rings is 4. The van der Waals surface area contributed by atoms with E-state index in [4.69, 9.17) is 24.0 Å². The first-order chi connectivity index (χ1) is 34.6. The molecule has 73 heavy (non-hydrogen) atoms. The summed E-state index contributed by atoms with van der Waals surface area (Å²) in [4.78, 5) is 17.0. The molecule has 1 saturated heterocycles. The van der Waals surface area contributed by atoms with Crippen LogP contribution < -0.4 is 25.6 Å². The number of hydrogen-bond acceptors (Lipinski definition) is 14. The molecule has 16 heteroatoms. The van der Waals surface area contributed by atoms with E-state index >= 15 is 0 Å². The molecule has 0 aliphatic carbocycles. The van der Waals surface area contributed by atoms with Gasteiger partial charge in [-0.2, -0.15) is 21.0 Å². The van der Waals surface area contributed by atoms with Crippen LogP contribution in [0.4, 0.5) is 11.4 Å². The van der Waals surface area contributed by atoms with Gasteiger partial charge in [0.2, 0.25) is 11.8 Å². The molecule has 4 aromatic carbocycles. The minimum atomic E-state index is -0.468. The molecule has 4 aromatic heterocycles. The van der Waals surface area contributed by atoms with E-state index in [1.54, 1.807) is 36.9 Å². The highest BCUT2D eigenvalue weighted by atomic mass is 79.9. The van der Waals surface area contributed by atoms with Gasteiger partial charge in [0, 0.05) is 57.7 Å². The Balaban J connectivity index is 0.000000195. The molecule has 14 nitrogen and oxygen atoms in total. The predicted octanol–water partition coefficient (Wildman–Crippen LogP) is 12.2. The average Bonchev–Trinajstić information content (AvgIpc) is 3.64. The van der Waals surface area contributed by atoms with E-state index in [2.05, 4.69) is 90.7 Å². The zero-order valence-corrected chi connectivity index (χ0v) is 42.6. The fourth-order valence-corrected chi connectivity index (χ4v) is 8.13. The number of methoxy groups -OCH3 is 2. The van der Waals surface area contributed by atoms with Crippen LogP contribution in [-0.4, -0.2) is 52.5 Å². The van der Waals surface area contributed by atoms with Crippen molar-refractivity contribution in [1.29, 1.82) is 21.0 Å². The number of benzene rings is 4. The van der Waals surface area contributed by atoms with Crippen LogP contribution in [0.25, 0.3) is 32.9 Å². The van der Waals surface area contributed by atoms with E-state index in [9.17, 15) is 15.8 Å². The molecule has 1 fully saturated rings. The molecule has 366 valence electrons.